The average molecular weight is 441 g/mol. The summed E-state index contributed by atoms with van der Waals surface area (Å²) in [6.07, 6.45) is -3.26. The van der Waals surface area contributed by atoms with Gasteiger partial charge in [-0.05, 0) is 29.8 Å². The van der Waals surface area contributed by atoms with E-state index in [0.29, 0.717) is 4.90 Å². The van der Waals surface area contributed by atoms with Gasteiger partial charge in [-0.3, -0.25) is 9.59 Å². The molecule has 3 N–H and O–H groups in total. The third kappa shape index (κ3) is 4.51. The lowest BCUT2D eigenvalue weighted by Gasteiger charge is -2.43. The van der Waals surface area contributed by atoms with Crippen LogP contribution in [0.25, 0.3) is 0 Å². The predicted octanol–water partition coefficient (Wildman–Crippen LogP) is 3.58. The van der Waals surface area contributed by atoms with Crippen LogP contribution in [0.2, 0.25) is 0 Å². The molecule has 2 atom stereocenters. The first-order valence-electron chi connectivity index (χ1n) is 9.49. The summed E-state index contributed by atoms with van der Waals surface area (Å²) in [7, 11) is 0. The van der Waals surface area contributed by atoms with Gasteiger partial charge >= 0.3 is 6.18 Å². The molecule has 2 aromatic rings. The van der Waals surface area contributed by atoms with Gasteiger partial charge in [-0.15, -0.1) is 0 Å². The van der Waals surface area contributed by atoms with Crippen molar-refractivity contribution in [2.45, 2.75) is 18.1 Å². The molecule has 10 heteroatoms. The van der Waals surface area contributed by atoms with Gasteiger partial charge in [0, 0.05) is 29.6 Å². The summed E-state index contributed by atoms with van der Waals surface area (Å²) in [6, 6.07) is 12.4. The zero-order chi connectivity index (χ0) is 23.5. The van der Waals surface area contributed by atoms with Crippen LogP contribution in [0.4, 0.5) is 18.9 Å². The van der Waals surface area contributed by atoms with Gasteiger partial charge in [0.05, 0.1) is 23.6 Å². The topological polar surface area (TPSA) is 121 Å². The van der Waals surface area contributed by atoms with Crippen molar-refractivity contribution in [1.82, 2.24) is 4.90 Å². The summed E-state index contributed by atoms with van der Waals surface area (Å²) in [5.74, 6) is -4.15. The van der Waals surface area contributed by atoms with Gasteiger partial charge in [-0.2, -0.15) is 18.4 Å². The zero-order valence-corrected chi connectivity index (χ0v) is 16.6. The van der Waals surface area contributed by atoms with Gasteiger partial charge in [-0.25, -0.2) is 0 Å². The number of nitriles is 1. The van der Waals surface area contributed by atoms with Crippen molar-refractivity contribution in [2.24, 2.45) is 5.92 Å². The first-order chi connectivity index (χ1) is 15.2. The molecule has 2 amide bonds. The van der Waals surface area contributed by atoms with Crippen molar-refractivity contribution < 1.29 is 22.8 Å². The molecule has 1 aliphatic heterocycles. The molecule has 3 rings (SSSR count). The minimum absolute atomic E-state index is 0.0485. The van der Waals surface area contributed by atoms with E-state index in [0.717, 1.165) is 12.4 Å². The second kappa shape index (κ2) is 9.01. The lowest BCUT2D eigenvalue weighted by atomic mass is 9.77. The number of amides is 2. The van der Waals surface area contributed by atoms with Gasteiger partial charge in [0.1, 0.15) is 6.54 Å². The second-order valence-electron chi connectivity index (χ2n) is 7.20. The highest BCUT2D eigenvalue weighted by molar-refractivity contribution is 6.05. The maximum absolute atomic E-state index is 13.4. The summed E-state index contributed by atoms with van der Waals surface area (Å²) in [5, 5.41) is 26.9. The monoisotopic (exact) mass is 441 g/mol. The van der Waals surface area contributed by atoms with E-state index in [1.807, 2.05) is 6.07 Å². The van der Waals surface area contributed by atoms with Crippen molar-refractivity contribution in [3.8, 4) is 6.07 Å². The minimum atomic E-state index is -4.75. The van der Waals surface area contributed by atoms with Crippen LogP contribution in [-0.4, -0.2) is 47.9 Å². The smallest absolute Gasteiger partial charge is 0.325 e. The molecule has 0 unspecified atom stereocenters. The van der Waals surface area contributed by atoms with Crippen LogP contribution in [0.5, 0.6) is 0 Å². The predicted molar refractivity (Wildman–Crippen MR) is 111 cm³/mol. The fourth-order valence-corrected chi connectivity index (χ4v) is 3.85. The summed E-state index contributed by atoms with van der Waals surface area (Å²) in [5.41, 5.74) is 0.691. The molecular formula is C22H18F3N5O2. The van der Waals surface area contributed by atoms with Gasteiger partial charge < -0.3 is 21.0 Å². The highest BCUT2D eigenvalue weighted by atomic mass is 19.4. The van der Waals surface area contributed by atoms with Gasteiger partial charge in [0.2, 0.25) is 5.91 Å². The summed E-state index contributed by atoms with van der Waals surface area (Å²) in [4.78, 5) is 26.8. The second-order valence-corrected chi connectivity index (χ2v) is 7.20. The highest BCUT2D eigenvalue weighted by Gasteiger charge is 2.49. The Labute approximate surface area is 181 Å². The Morgan fingerprint density at radius 3 is 2.50 bits per heavy atom. The number of alkyl halides is 3. The Morgan fingerprint density at radius 1 is 1.19 bits per heavy atom. The van der Waals surface area contributed by atoms with Crippen molar-refractivity contribution in [3.05, 3.63) is 65.2 Å². The maximum Gasteiger partial charge on any atom is 0.406 e. The number of benzene rings is 2. The number of rotatable bonds is 6. The summed E-state index contributed by atoms with van der Waals surface area (Å²) < 4.78 is 40.1. The molecule has 32 heavy (non-hydrogen) atoms. The van der Waals surface area contributed by atoms with Gasteiger partial charge in [-0.1, -0.05) is 24.3 Å². The van der Waals surface area contributed by atoms with E-state index in [1.54, 1.807) is 6.07 Å². The Bertz CT molecular complexity index is 1100. The molecule has 7 nitrogen and oxygen atoms in total. The molecule has 0 radical (unpaired) electrons. The molecule has 2 aromatic carbocycles. The quantitative estimate of drug-likeness (QED) is 0.594. The number of carbonyl (C=O) groups excluding carboxylic acids is 2. The van der Waals surface area contributed by atoms with Gasteiger partial charge in [0.25, 0.3) is 5.91 Å². The molecular weight excluding hydrogens is 423 g/mol. The van der Waals surface area contributed by atoms with E-state index in [2.05, 4.69) is 5.32 Å². The minimum Gasteiger partial charge on any atom is -0.325 e. The van der Waals surface area contributed by atoms with Crippen molar-refractivity contribution >= 4 is 29.9 Å². The van der Waals surface area contributed by atoms with E-state index in [9.17, 15) is 22.8 Å². The van der Waals surface area contributed by atoms with Crippen molar-refractivity contribution in [1.29, 1.82) is 16.1 Å². The molecule has 0 saturated carbocycles. The third-order valence-corrected chi connectivity index (χ3v) is 5.16. The Balaban J connectivity index is 2.13. The molecule has 1 aliphatic rings. The average Bonchev–Trinajstić information content (AvgIpc) is 2.76. The third-order valence-electron chi connectivity index (χ3n) is 5.16. The van der Waals surface area contributed by atoms with Crippen molar-refractivity contribution in [2.75, 3.05) is 11.9 Å². The Kier molecular flexibility index (Phi) is 6.39. The lowest BCUT2D eigenvalue weighted by Crippen LogP contribution is -2.57. The standard InChI is InChI=1S/C22H18F3N5O2/c23-22(24,25)12-30-19(14(10-27)11-28)18(16-6-1-2-7-17(16)21(30)32)20(31)29-15-5-3-4-13(8-15)9-26/h1-8,10-11,14,18-19,27-28H,12H2,(H,29,31)/t14?,18-,19+/m1/s1. The van der Waals surface area contributed by atoms with Gasteiger partial charge in [0.15, 0.2) is 0 Å². The maximum atomic E-state index is 13.4. The molecule has 0 fully saturated rings. The number of hydrogen-bond donors (Lipinski definition) is 3. The number of hydrogen-bond acceptors (Lipinski definition) is 5. The number of halogens is 3. The molecule has 0 aromatic heterocycles. The number of carbonyl (C=O) groups is 2. The molecule has 0 spiro atoms. The first-order valence-corrected chi connectivity index (χ1v) is 9.49. The molecule has 0 aliphatic carbocycles. The van der Waals surface area contributed by atoms with Crippen LogP contribution in [0, 0.1) is 28.1 Å². The first kappa shape index (κ1) is 22.7. The fourth-order valence-electron chi connectivity index (χ4n) is 3.85. The Hall–Kier alpha value is -4.00. The van der Waals surface area contributed by atoms with Crippen molar-refractivity contribution in [3.63, 3.8) is 0 Å². The molecule has 0 bridgehead atoms. The number of fused-ring (bicyclic) bond motifs is 1. The SMILES string of the molecule is N#Cc1cccc(NC(=O)[C@@H]2c3ccccc3C(=O)N(CC(F)(F)F)[C@H]2C(C=N)C=N)c1. The largest absolute Gasteiger partial charge is 0.406 e. The van der Waals surface area contributed by atoms with Crippen LogP contribution in [0.3, 0.4) is 0 Å². The van der Waals surface area contributed by atoms with Crippen LogP contribution in [0.15, 0.2) is 48.5 Å². The van der Waals surface area contributed by atoms with E-state index in [4.69, 9.17) is 16.1 Å². The van der Waals surface area contributed by atoms with Crippen LogP contribution >= 0.6 is 0 Å². The zero-order valence-electron chi connectivity index (χ0n) is 16.6. The van der Waals surface area contributed by atoms with Crippen LogP contribution < -0.4 is 5.32 Å². The molecule has 0 saturated heterocycles. The number of nitrogens with zero attached hydrogens (tertiary/aromatic N) is 2. The normalized spacial score (nSPS) is 18.8. The van der Waals surface area contributed by atoms with E-state index in [-0.39, 0.29) is 22.4 Å². The van der Waals surface area contributed by atoms with Crippen LogP contribution in [-0.2, 0) is 4.79 Å². The number of anilines is 1. The highest BCUT2D eigenvalue weighted by Crippen LogP contribution is 2.38. The summed E-state index contributed by atoms with van der Waals surface area (Å²) >= 11 is 0. The Morgan fingerprint density at radius 2 is 1.88 bits per heavy atom. The fraction of sp³-hybridized carbons (Fsp3) is 0.227. The number of nitrogens with one attached hydrogen (secondary N) is 3. The van der Waals surface area contributed by atoms with E-state index >= 15 is 0 Å². The van der Waals surface area contributed by atoms with E-state index in [1.165, 1.54) is 42.5 Å². The van der Waals surface area contributed by atoms with E-state index < -0.39 is 42.4 Å². The lowest BCUT2D eigenvalue weighted by molar-refractivity contribution is -0.148. The van der Waals surface area contributed by atoms with Crippen LogP contribution in [0.1, 0.15) is 27.4 Å². The summed E-state index contributed by atoms with van der Waals surface area (Å²) in [6.45, 7) is -1.63. The molecule has 1 heterocycles. The molecule has 164 valence electrons.